The number of halogens is 1. The smallest absolute Gasteiger partial charge is 0.256 e. The predicted octanol–water partition coefficient (Wildman–Crippen LogP) is 4.35. The first-order valence-electron chi connectivity index (χ1n) is 9.23. The van der Waals surface area contributed by atoms with E-state index < -0.39 is 0 Å². The second kappa shape index (κ2) is 8.11. The van der Waals surface area contributed by atoms with Gasteiger partial charge in [-0.25, -0.2) is 4.98 Å². The average molecular weight is 468 g/mol. The highest BCUT2D eigenvalue weighted by atomic mass is 79.9. The van der Waals surface area contributed by atoms with Gasteiger partial charge in [-0.1, -0.05) is 35.8 Å². The van der Waals surface area contributed by atoms with Gasteiger partial charge in [0.25, 0.3) is 11.5 Å². The number of H-pyrrole nitrogens is 1. The number of rotatable bonds is 5. The van der Waals surface area contributed by atoms with Crippen LogP contribution in [-0.2, 0) is 0 Å². The molecule has 0 aliphatic carbocycles. The van der Waals surface area contributed by atoms with Crippen molar-refractivity contribution in [1.82, 2.24) is 19.7 Å². The van der Waals surface area contributed by atoms with Crippen LogP contribution in [0.15, 0.2) is 68.5 Å². The molecule has 3 heterocycles. The van der Waals surface area contributed by atoms with Crippen LogP contribution in [0.5, 0.6) is 0 Å². The zero-order valence-corrected chi connectivity index (χ0v) is 17.8. The van der Waals surface area contributed by atoms with Crippen LogP contribution < -0.4 is 10.9 Å². The molecule has 4 aromatic rings. The van der Waals surface area contributed by atoms with Crippen molar-refractivity contribution in [1.29, 1.82) is 0 Å². The summed E-state index contributed by atoms with van der Waals surface area (Å²) in [5, 5.41) is 7.34. The summed E-state index contributed by atoms with van der Waals surface area (Å²) in [6.45, 7) is 3.89. The van der Waals surface area contributed by atoms with Crippen molar-refractivity contribution in [3.63, 3.8) is 0 Å². The highest BCUT2D eigenvalue weighted by Crippen LogP contribution is 2.25. The maximum Gasteiger partial charge on any atom is 0.256 e. The van der Waals surface area contributed by atoms with E-state index in [2.05, 4.69) is 36.3 Å². The van der Waals surface area contributed by atoms with Gasteiger partial charge in [0.1, 0.15) is 11.5 Å². The first kappa shape index (κ1) is 19.8. The fourth-order valence-electron chi connectivity index (χ4n) is 2.85. The lowest BCUT2D eigenvalue weighted by Gasteiger charge is -2.10. The Balaban J connectivity index is 1.80. The van der Waals surface area contributed by atoms with Crippen LogP contribution in [0.3, 0.4) is 0 Å². The zero-order chi connectivity index (χ0) is 21.3. The van der Waals surface area contributed by atoms with Crippen molar-refractivity contribution in [3.8, 4) is 17.4 Å². The molecule has 0 saturated heterocycles. The monoisotopic (exact) mass is 467 g/mol. The van der Waals surface area contributed by atoms with Crippen molar-refractivity contribution in [2.75, 3.05) is 5.32 Å². The summed E-state index contributed by atoms with van der Waals surface area (Å²) in [5.41, 5.74) is 1.27. The van der Waals surface area contributed by atoms with Gasteiger partial charge in [0, 0.05) is 22.2 Å². The minimum absolute atomic E-state index is 0.0471. The number of carbonyl (C=O) groups is 1. The van der Waals surface area contributed by atoms with Gasteiger partial charge < -0.3 is 9.73 Å². The molecular weight excluding hydrogens is 450 g/mol. The molecule has 4 rings (SSSR count). The third-order valence-corrected chi connectivity index (χ3v) is 4.85. The summed E-state index contributed by atoms with van der Waals surface area (Å²) in [6.07, 6.45) is 1.54. The fraction of sp³-hybridized carbons (Fsp3) is 0.143. The Hall–Kier alpha value is -3.46. The predicted molar refractivity (Wildman–Crippen MR) is 116 cm³/mol. The van der Waals surface area contributed by atoms with Crippen LogP contribution >= 0.6 is 15.9 Å². The number of aromatic amines is 1. The highest BCUT2D eigenvalue weighted by molar-refractivity contribution is 9.10. The molecule has 1 amide bonds. The molecule has 0 aliphatic heterocycles. The SMILES string of the molecule is CC(C)c1cc(=O)[nH]c(-n2nc(-c3ccco3)cc2NC(=O)c2cccc(Br)c2)n1. The molecule has 2 N–H and O–H groups in total. The van der Waals surface area contributed by atoms with Crippen LogP contribution in [-0.4, -0.2) is 25.7 Å². The fourth-order valence-corrected chi connectivity index (χ4v) is 3.25. The van der Waals surface area contributed by atoms with Crippen molar-refractivity contribution < 1.29 is 9.21 Å². The lowest BCUT2D eigenvalue weighted by Crippen LogP contribution is -2.19. The van der Waals surface area contributed by atoms with Gasteiger partial charge in [0.2, 0.25) is 5.95 Å². The van der Waals surface area contributed by atoms with E-state index in [4.69, 9.17) is 4.42 Å². The number of hydrogen-bond donors (Lipinski definition) is 2. The van der Waals surface area contributed by atoms with Crippen molar-refractivity contribution in [2.45, 2.75) is 19.8 Å². The molecule has 0 saturated carbocycles. The topological polar surface area (TPSA) is 106 Å². The van der Waals surface area contributed by atoms with Gasteiger partial charge in [-0.15, -0.1) is 0 Å². The minimum Gasteiger partial charge on any atom is -0.463 e. The van der Waals surface area contributed by atoms with Crippen molar-refractivity contribution in [2.24, 2.45) is 0 Å². The van der Waals surface area contributed by atoms with E-state index >= 15 is 0 Å². The molecule has 30 heavy (non-hydrogen) atoms. The summed E-state index contributed by atoms with van der Waals surface area (Å²) < 4.78 is 7.61. The van der Waals surface area contributed by atoms with E-state index in [0.717, 1.165) is 4.47 Å². The summed E-state index contributed by atoms with van der Waals surface area (Å²) in [5.74, 6) is 0.787. The summed E-state index contributed by atoms with van der Waals surface area (Å²) in [7, 11) is 0. The molecule has 0 bridgehead atoms. The zero-order valence-electron chi connectivity index (χ0n) is 16.2. The lowest BCUT2D eigenvalue weighted by atomic mass is 10.1. The van der Waals surface area contributed by atoms with Gasteiger partial charge in [-0.3, -0.25) is 14.6 Å². The first-order valence-corrected chi connectivity index (χ1v) is 10.0. The number of hydrogen-bond acceptors (Lipinski definition) is 5. The Kier molecular flexibility index (Phi) is 5.37. The van der Waals surface area contributed by atoms with E-state index in [1.807, 2.05) is 19.9 Å². The van der Waals surface area contributed by atoms with Crippen molar-refractivity contribution >= 4 is 27.7 Å². The van der Waals surface area contributed by atoms with E-state index in [-0.39, 0.29) is 23.3 Å². The third-order valence-electron chi connectivity index (χ3n) is 4.35. The number of nitrogens with one attached hydrogen (secondary N) is 2. The Labute approximate surface area is 180 Å². The number of furan rings is 1. The quantitative estimate of drug-likeness (QED) is 0.453. The summed E-state index contributed by atoms with van der Waals surface area (Å²) >= 11 is 3.37. The second-order valence-electron chi connectivity index (χ2n) is 6.92. The highest BCUT2D eigenvalue weighted by Gasteiger charge is 2.18. The van der Waals surface area contributed by atoms with Crippen LogP contribution in [0.25, 0.3) is 17.4 Å². The molecule has 0 atom stereocenters. The van der Waals surface area contributed by atoms with Gasteiger partial charge in [0.05, 0.1) is 12.0 Å². The molecule has 0 spiro atoms. The largest absolute Gasteiger partial charge is 0.463 e. The second-order valence-corrected chi connectivity index (χ2v) is 7.83. The normalized spacial score (nSPS) is 11.1. The standard InChI is InChI=1S/C21H18BrN5O3/c1-12(2)15-11-19(28)25-21(23-15)27-18(10-16(26-27)17-7-4-8-30-17)24-20(29)13-5-3-6-14(22)9-13/h3-12H,1-2H3,(H,24,29)(H,23,25,28). The van der Waals surface area contributed by atoms with Crippen LogP contribution in [0, 0.1) is 0 Å². The van der Waals surface area contributed by atoms with Gasteiger partial charge in [-0.05, 0) is 36.2 Å². The maximum absolute atomic E-state index is 12.8. The van der Waals surface area contributed by atoms with Gasteiger partial charge >= 0.3 is 0 Å². The van der Waals surface area contributed by atoms with Crippen LogP contribution in [0.1, 0.15) is 35.8 Å². The molecule has 3 aromatic heterocycles. The molecule has 152 valence electrons. The van der Waals surface area contributed by atoms with E-state index in [9.17, 15) is 9.59 Å². The Bertz CT molecular complexity index is 1260. The van der Waals surface area contributed by atoms with Gasteiger partial charge in [0.15, 0.2) is 5.76 Å². The van der Waals surface area contributed by atoms with E-state index in [1.165, 1.54) is 17.0 Å². The summed E-state index contributed by atoms with van der Waals surface area (Å²) in [4.78, 5) is 32.2. The Morgan fingerprint density at radius 2 is 2.03 bits per heavy atom. The third kappa shape index (κ3) is 4.11. The molecule has 0 fully saturated rings. The molecule has 1 aromatic carbocycles. The van der Waals surface area contributed by atoms with Crippen LogP contribution in [0.4, 0.5) is 5.82 Å². The molecular formula is C21H18BrN5O3. The number of anilines is 1. The number of nitrogens with zero attached hydrogens (tertiary/aromatic N) is 3. The molecule has 0 radical (unpaired) electrons. The van der Waals surface area contributed by atoms with Crippen molar-refractivity contribution in [3.05, 3.63) is 80.9 Å². The molecule has 0 aliphatic rings. The molecule has 8 nitrogen and oxygen atoms in total. The number of benzene rings is 1. The minimum atomic E-state index is -0.328. The number of aromatic nitrogens is 4. The lowest BCUT2D eigenvalue weighted by molar-refractivity contribution is 0.102. The molecule has 9 heteroatoms. The van der Waals surface area contributed by atoms with Gasteiger partial charge in [-0.2, -0.15) is 9.78 Å². The number of carbonyl (C=O) groups excluding carboxylic acids is 1. The Morgan fingerprint density at radius 3 is 2.73 bits per heavy atom. The maximum atomic E-state index is 12.8. The first-order chi connectivity index (χ1) is 14.4. The van der Waals surface area contributed by atoms with E-state index in [0.29, 0.717) is 28.5 Å². The summed E-state index contributed by atoms with van der Waals surface area (Å²) in [6, 6.07) is 13.6. The Morgan fingerprint density at radius 1 is 1.20 bits per heavy atom. The molecule has 0 unspecified atom stereocenters. The average Bonchev–Trinajstić information content (AvgIpc) is 3.37. The van der Waals surface area contributed by atoms with E-state index in [1.54, 1.807) is 36.4 Å². The van der Waals surface area contributed by atoms with Crippen LogP contribution in [0.2, 0.25) is 0 Å². The number of amides is 1.